The molecule has 4 nitrogen and oxygen atoms in total. The second kappa shape index (κ2) is 12.4. The van der Waals surface area contributed by atoms with Gasteiger partial charge in [0.25, 0.3) is 5.91 Å². The molecule has 2 fully saturated rings. The molecule has 0 radical (unpaired) electrons. The number of carbonyl (C=O) groups is 1. The van der Waals surface area contributed by atoms with Crippen LogP contribution in [0.4, 0.5) is 5.69 Å². The highest BCUT2D eigenvalue weighted by Gasteiger charge is 2.42. The third kappa shape index (κ3) is 6.47. The minimum Gasteiger partial charge on any atom is -0.487 e. The lowest BCUT2D eigenvalue weighted by molar-refractivity contribution is -0.129. The lowest BCUT2D eigenvalue weighted by Gasteiger charge is -2.39. The van der Waals surface area contributed by atoms with Gasteiger partial charge in [-0.1, -0.05) is 80.1 Å². The van der Waals surface area contributed by atoms with Crippen LogP contribution in [0.15, 0.2) is 77.7 Å². The van der Waals surface area contributed by atoms with Crippen LogP contribution in [0.1, 0.15) is 43.7 Å². The molecule has 37 heavy (non-hydrogen) atoms. The molecule has 1 aliphatic heterocycles. The van der Waals surface area contributed by atoms with E-state index in [2.05, 4.69) is 98.7 Å². The Labute approximate surface area is 250 Å². The van der Waals surface area contributed by atoms with Crippen molar-refractivity contribution in [3.63, 3.8) is 0 Å². The van der Waals surface area contributed by atoms with Crippen molar-refractivity contribution in [1.82, 2.24) is 4.90 Å². The fraction of sp³-hybridized carbons (Fsp3) is 0.300. The molecule has 1 unspecified atom stereocenters. The number of rotatable bonds is 7. The molecule has 2 aliphatic rings. The number of benzene rings is 3. The first-order valence-corrected chi connectivity index (χ1v) is 15.7. The van der Waals surface area contributed by atoms with Gasteiger partial charge < -0.3 is 15.0 Å². The van der Waals surface area contributed by atoms with E-state index in [-0.39, 0.29) is 17.4 Å². The van der Waals surface area contributed by atoms with Gasteiger partial charge in [-0.3, -0.25) is 4.79 Å². The van der Waals surface area contributed by atoms with Crippen LogP contribution in [0.25, 0.3) is 6.08 Å². The molecule has 1 N–H and O–H groups in total. The van der Waals surface area contributed by atoms with Crippen LogP contribution in [0.2, 0.25) is 0 Å². The molecule has 0 bridgehead atoms. The lowest BCUT2D eigenvalue weighted by Crippen LogP contribution is -2.48. The normalized spacial score (nSPS) is 22.9. The van der Waals surface area contributed by atoms with Crippen molar-refractivity contribution >= 4 is 74.6 Å². The van der Waals surface area contributed by atoms with E-state index in [4.69, 9.17) is 4.74 Å². The average molecular weight is 736 g/mol. The van der Waals surface area contributed by atoms with Gasteiger partial charge in [-0.25, -0.2) is 0 Å². The summed E-state index contributed by atoms with van der Waals surface area (Å²) in [5, 5.41) is 3.62. The van der Waals surface area contributed by atoms with E-state index in [9.17, 15) is 4.79 Å². The molecule has 1 aliphatic carbocycles. The minimum absolute atomic E-state index is 0.113. The first-order chi connectivity index (χ1) is 18.0. The molecule has 3 aromatic carbocycles. The Balaban J connectivity index is 1.39. The van der Waals surface area contributed by atoms with Gasteiger partial charge in [-0.05, 0) is 105 Å². The fourth-order valence-corrected chi connectivity index (χ4v) is 8.39. The SMILES string of the molecule is C[C@H]1CCCC[C@H]1N1C(=O)/C(=C/c2cc(I)c(OCc3ccccc3)c(I)c2)SC1Nc1ccccc1. The van der Waals surface area contributed by atoms with Crippen molar-refractivity contribution in [3.05, 3.63) is 96.0 Å². The number of para-hydroxylation sites is 1. The Morgan fingerprint density at radius 1 is 1.00 bits per heavy atom. The standard InChI is InChI=1S/C30H30I2N2O2S/c1-20-10-8-9-15-26(20)34-29(35)27(37-30(34)33-23-13-6-3-7-14-23)18-22-16-24(31)28(25(32)17-22)36-19-21-11-4-2-5-12-21/h2-7,11-14,16-18,20,26,30,33H,8-10,15,19H2,1H3/b27-18-/t20-,26+,30?/m0/s1. The zero-order chi connectivity index (χ0) is 25.8. The fourth-order valence-electron chi connectivity index (χ4n) is 5.05. The third-order valence-corrected chi connectivity index (χ3v) is 9.69. The van der Waals surface area contributed by atoms with E-state index in [1.807, 2.05) is 42.5 Å². The van der Waals surface area contributed by atoms with Gasteiger partial charge in [0, 0.05) is 11.7 Å². The number of carbonyl (C=O) groups excluding carboxylic acids is 1. The van der Waals surface area contributed by atoms with E-state index in [1.165, 1.54) is 19.3 Å². The monoisotopic (exact) mass is 736 g/mol. The summed E-state index contributed by atoms with van der Waals surface area (Å²) < 4.78 is 8.25. The van der Waals surface area contributed by atoms with E-state index < -0.39 is 0 Å². The summed E-state index contributed by atoms with van der Waals surface area (Å²) in [5.74, 6) is 1.52. The van der Waals surface area contributed by atoms with Crippen LogP contribution in [-0.2, 0) is 11.4 Å². The molecule has 0 aromatic heterocycles. The maximum atomic E-state index is 13.8. The van der Waals surface area contributed by atoms with Gasteiger partial charge in [0.05, 0.1) is 12.0 Å². The summed E-state index contributed by atoms with van der Waals surface area (Å²) in [5.41, 5.74) is 3.08. The number of nitrogens with one attached hydrogen (secondary N) is 1. The Morgan fingerprint density at radius 3 is 2.32 bits per heavy atom. The summed E-state index contributed by atoms with van der Waals surface area (Å²) in [6.45, 7) is 2.82. The lowest BCUT2D eigenvalue weighted by atomic mass is 9.85. The summed E-state index contributed by atoms with van der Waals surface area (Å²) in [6, 6.07) is 24.9. The molecule has 1 heterocycles. The molecular formula is C30H30I2N2O2S. The summed E-state index contributed by atoms with van der Waals surface area (Å²) in [6.07, 6.45) is 6.72. The van der Waals surface area contributed by atoms with Crippen LogP contribution in [0, 0.1) is 13.1 Å². The number of halogens is 2. The minimum atomic E-state index is -0.113. The Hall–Kier alpha value is -1.72. The molecule has 1 saturated carbocycles. The van der Waals surface area contributed by atoms with Crippen molar-refractivity contribution in [2.45, 2.75) is 50.8 Å². The summed E-state index contributed by atoms with van der Waals surface area (Å²) in [7, 11) is 0. The molecule has 0 spiro atoms. The number of ether oxygens (including phenoxy) is 1. The predicted molar refractivity (Wildman–Crippen MR) is 170 cm³/mol. The number of hydrogen-bond acceptors (Lipinski definition) is 4. The smallest absolute Gasteiger partial charge is 0.262 e. The first kappa shape index (κ1) is 26.9. The highest BCUT2D eigenvalue weighted by molar-refractivity contribution is 14.1. The highest BCUT2D eigenvalue weighted by Crippen LogP contribution is 2.42. The van der Waals surface area contributed by atoms with Gasteiger partial charge in [0.15, 0.2) is 5.50 Å². The number of hydrogen-bond donors (Lipinski definition) is 1. The maximum Gasteiger partial charge on any atom is 0.262 e. The number of thioether (sulfide) groups is 1. The third-order valence-electron chi connectivity index (χ3n) is 6.97. The zero-order valence-electron chi connectivity index (χ0n) is 20.7. The molecule has 3 atom stereocenters. The van der Waals surface area contributed by atoms with Crippen molar-refractivity contribution in [2.24, 2.45) is 5.92 Å². The highest BCUT2D eigenvalue weighted by atomic mass is 127. The van der Waals surface area contributed by atoms with Gasteiger partial charge in [0.2, 0.25) is 0 Å². The Bertz CT molecular complexity index is 1250. The van der Waals surface area contributed by atoms with Crippen molar-refractivity contribution in [2.75, 3.05) is 5.32 Å². The zero-order valence-corrected chi connectivity index (χ0v) is 25.8. The van der Waals surface area contributed by atoms with Gasteiger partial charge in [-0.2, -0.15) is 0 Å². The maximum absolute atomic E-state index is 13.8. The van der Waals surface area contributed by atoms with Crippen LogP contribution < -0.4 is 10.1 Å². The largest absolute Gasteiger partial charge is 0.487 e. The van der Waals surface area contributed by atoms with E-state index in [0.717, 1.165) is 41.0 Å². The summed E-state index contributed by atoms with van der Waals surface area (Å²) >= 11 is 6.29. The molecule has 1 amide bonds. The number of anilines is 1. The Kier molecular flexibility index (Phi) is 9.02. The molecular weight excluding hydrogens is 706 g/mol. The molecule has 5 rings (SSSR count). The molecule has 192 valence electrons. The average Bonchev–Trinajstić information content (AvgIpc) is 3.19. The summed E-state index contributed by atoms with van der Waals surface area (Å²) in [4.78, 5) is 16.7. The first-order valence-electron chi connectivity index (χ1n) is 12.7. The number of amides is 1. The second-order valence-corrected chi connectivity index (χ2v) is 13.1. The number of nitrogens with zero attached hydrogens (tertiary/aromatic N) is 1. The van der Waals surface area contributed by atoms with E-state index >= 15 is 0 Å². The van der Waals surface area contributed by atoms with E-state index in [1.54, 1.807) is 11.8 Å². The van der Waals surface area contributed by atoms with E-state index in [0.29, 0.717) is 12.5 Å². The molecule has 1 saturated heterocycles. The van der Waals surface area contributed by atoms with Crippen LogP contribution >= 0.6 is 56.9 Å². The van der Waals surface area contributed by atoms with Crippen molar-refractivity contribution in [3.8, 4) is 5.75 Å². The van der Waals surface area contributed by atoms with Gasteiger partial charge in [-0.15, -0.1) is 0 Å². The molecule has 3 aromatic rings. The van der Waals surface area contributed by atoms with Crippen molar-refractivity contribution in [1.29, 1.82) is 0 Å². The van der Waals surface area contributed by atoms with Crippen molar-refractivity contribution < 1.29 is 9.53 Å². The van der Waals surface area contributed by atoms with Crippen LogP contribution in [0.5, 0.6) is 5.75 Å². The predicted octanol–water partition coefficient (Wildman–Crippen LogP) is 8.37. The topological polar surface area (TPSA) is 41.6 Å². The second-order valence-electron chi connectivity index (χ2n) is 9.62. The van der Waals surface area contributed by atoms with Crippen LogP contribution in [-0.4, -0.2) is 22.3 Å². The Morgan fingerprint density at radius 2 is 1.65 bits per heavy atom. The van der Waals surface area contributed by atoms with Gasteiger partial charge >= 0.3 is 0 Å². The quantitative estimate of drug-likeness (QED) is 0.196. The van der Waals surface area contributed by atoms with Gasteiger partial charge in [0.1, 0.15) is 12.4 Å². The molecule has 7 heteroatoms. The van der Waals surface area contributed by atoms with Crippen LogP contribution in [0.3, 0.4) is 0 Å².